The topological polar surface area (TPSA) is 78.4 Å². The molecule has 21 heavy (non-hydrogen) atoms. The summed E-state index contributed by atoms with van der Waals surface area (Å²) in [6.45, 7) is 1.70. The van der Waals surface area contributed by atoms with E-state index in [1.165, 1.54) is 0 Å². The summed E-state index contributed by atoms with van der Waals surface area (Å²) in [5, 5.41) is 15.9. The number of aliphatic carboxylic acids is 1. The molecule has 1 unspecified atom stereocenters. The molecule has 5 nitrogen and oxygen atoms in total. The van der Waals surface area contributed by atoms with Crippen molar-refractivity contribution in [3.05, 3.63) is 40.9 Å². The van der Waals surface area contributed by atoms with Crippen LogP contribution < -0.4 is 10.6 Å². The molecule has 110 valence electrons. The van der Waals surface area contributed by atoms with Crippen LogP contribution in [0.25, 0.3) is 10.8 Å². The number of urea groups is 1. The molecule has 6 heteroatoms. The second-order valence-corrected chi connectivity index (χ2v) is 5.39. The van der Waals surface area contributed by atoms with Gasteiger partial charge in [-0.2, -0.15) is 0 Å². The highest BCUT2D eigenvalue weighted by Crippen LogP contribution is 2.29. The SMILES string of the molecule is CCC(NC(=O)Nc1ccc(Br)c2ccccc12)C(=O)O. The molecule has 0 spiro atoms. The average molecular weight is 351 g/mol. The van der Waals surface area contributed by atoms with Gasteiger partial charge in [0, 0.05) is 9.86 Å². The number of carbonyl (C=O) groups is 2. The Labute approximate surface area is 130 Å². The number of carboxylic acids is 1. The van der Waals surface area contributed by atoms with Gasteiger partial charge in [0.15, 0.2) is 0 Å². The van der Waals surface area contributed by atoms with E-state index in [0.29, 0.717) is 12.1 Å². The Morgan fingerprint density at radius 2 is 1.86 bits per heavy atom. The van der Waals surface area contributed by atoms with E-state index in [2.05, 4.69) is 26.6 Å². The van der Waals surface area contributed by atoms with E-state index >= 15 is 0 Å². The van der Waals surface area contributed by atoms with Crippen LogP contribution in [-0.2, 0) is 4.79 Å². The van der Waals surface area contributed by atoms with E-state index in [0.717, 1.165) is 15.2 Å². The summed E-state index contributed by atoms with van der Waals surface area (Å²) in [5.74, 6) is -1.05. The first-order chi connectivity index (χ1) is 10.0. The molecular weight excluding hydrogens is 336 g/mol. The van der Waals surface area contributed by atoms with Gasteiger partial charge >= 0.3 is 12.0 Å². The van der Waals surface area contributed by atoms with E-state index in [1.54, 1.807) is 13.0 Å². The van der Waals surface area contributed by atoms with E-state index in [1.807, 2.05) is 30.3 Å². The predicted octanol–water partition coefficient (Wildman–Crippen LogP) is 3.59. The van der Waals surface area contributed by atoms with Crippen molar-refractivity contribution in [3.8, 4) is 0 Å². The number of anilines is 1. The van der Waals surface area contributed by atoms with Crippen molar-refractivity contribution in [1.29, 1.82) is 0 Å². The largest absolute Gasteiger partial charge is 0.480 e. The number of hydrogen-bond acceptors (Lipinski definition) is 2. The molecule has 2 amide bonds. The number of hydrogen-bond donors (Lipinski definition) is 3. The van der Waals surface area contributed by atoms with Crippen molar-refractivity contribution in [3.63, 3.8) is 0 Å². The summed E-state index contributed by atoms with van der Waals surface area (Å²) in [4.78, 5) is 22.8. The summed E-state index contributed by atoms with van der Waals surface area (Å²) in [6.07, 6.45) is 0.323. The number of halogens is 1. The third-order valence-corrected chi connectivity index (χ3v) is 3.82. The van der Waals surface area contributed by atoms with Crippen molar-refractivity contribution < 1.29 is 14.7 Å². The molecule has 0 heterocycles. The lowest BCUT2D eigenvalue weighted by atomic mass is 10.1. The number of amides is 2. The van der Waals surface area contributed by atoms with E-state index in [9.17, 15) is 9.59 Å². The Kier molecular flexibility index (Phi) is 4.80. The molecule has 2 aromatic carbocycles. The first-order valence-electron chi connectivity index (χ1n) is 6.50. The van der Waals surface area contributed by atoms with E-state index in [4.69, 9.17) is 5.11 Å². The van der Waals surface area contributed by atoms with Gasteiger partial charge in [0.05, 0.1) is 5.69 Å². The summed E-state index contributed by atoms with van der Waals surface area (Å²) in [7, 11) is 0. The van der Waals surface area contributed by atoms with E-state index < -0.39 is 18.0 Å². The third-order valence-electron chi connectivity index (χ3n) is 3.13. The molecule has 0 bridgehead atoms. The van der Waals surface area contributed by atoms with Gasteiger partial charge in [-0.3, -0.25) is 0 Å². The smallest absolute Gasteiger partial charge is 0.326 e. The van der Waals surface area contributed by atoms with Crippen LogP contribution in [0.15, 0.2) is 40.9 Å². The lowest BCUT2D eigenvalue weighted by Crippen LogP contribution is -2.42. The van der Waals surface area contributed by atoms with Crippen LogP contribution in [0.5, 0.6) is 0 Å². The maximum atomic E-state index is 11.9. The van der Waals surface area contributed by atoms with Gasteiger partial charge in [-0.15, -0.1) is 0 Å². The highest BCUT2D eigenvalue weighted by molar-refractivity contribution is 9.10. The fourth-order valence-corrected chi connectivity index (χ4v) is 2.50. The van der Waals surface area contributed by atoms with Gasteiger partial charge < -0.3 is 15.7 Å². The van der Waals surface area contributed by atoms with Gasteiger partial charge in [-0.05, 0) is 23.9 Å². The number of benzene rings is 2. The van der Waals surface area contributed by atoms with Gasteiger partial charge in [-0.1, -0.05) is 47.1 Å². The fraction of sp³-hybridized carbons (Fsp3) is 0.200. The van der Waals surface area contributed by atoms with Crippen molar-refractivity contribution in [2.45, 2.75) is 19.4 Å². The molecule has 0 aromatic heterocycles. The molecule has 0 saturated heterocycles. The Bertz CT molecular complexity index is 688. The number of fused-ring (bicyclic) bond motifs is 1. The molecule has 2 rings (SSSR count). The van der Waals surface area contributed by atoms with Crippen LogP contribution in [0.1, 0.15) is 13.3 Å². The molecule has 0 aliphatic heterocycles. The molecule has 0 radical (unpaired) electrons. The van der Waals surface area contributed by atoms with Crippen LogP contribution in [-0.4, -0.2) is 23.1 Å². The molecular formula is C15H15BrN2O3. The summed E-state index contributed by atoms with van der Waals surface area (Å²) in [6, 6.07) is 9.81. The van der Waals surface area contributed by atoms with Gasteiger partial charge in [0.25, 0.3) is 0 Å². The molecule has 0 fully saturated rings. The molecule has 0 aliphatic rings. The monoisotopic (exact) mass is 350 g/mol. The van der Waals surface area contributed by atoms with Crippen LogP contribution in [0.3, 0.4) is 0 Å². The highest BCUT2D eigenvalue weighted by Gasteiger charge is 2.17. The fourth-order valence-electron chi connectivity index (χ4n) is 2.03. The maximum Gasteiger partial charge on any atom is 0.326 e. The summed E-state index contributed by atoms with van der Waals surface area (Å²) >= 11 is 3.46. The average Bonchev–Trinajstić information content (AvgIpc) is 2.47. The summed E-state index contributed by atoms with van der Waals surface area (Å²) in [5.41, 5.74) is 0.631. The van der Waals surface area contributed by atoms with Crippen LogP contribution in [0.2, 0.25) is 0 Å². The zero-order valence-electron chi connectivity index (χ0n) is 11.4. The first kappa shape index (κ1) is 15.3. The Hall–Kier alpha value is -2.08. The second-order valence-electron chi connectivity index (χ2n) is 4.54. The molecule has 2 aromatic rings. The lowest BCUT2D eigenvalue weighted by molar-refractivity contribution is -0.139. The van der Waals surface area contributed by atoms with E-state index in [-0.39, 0.29) is 0 Å². The Balaban J connectivity index is 2.22. The van der Waals surface area contributed by atoms with Crippen LogP contribution in [0, 0.1) is 0 Å². The predicted molar refractivity (Wildman–Crippen MR) is 85.5 cm³/mol. The third kappa shape index (κ3) is 3.52. The standard InChI is InChI=1S/C15H15BrN2O3/c1-2-12(14(19)20)17-15(21)18-13-8-7-11(16)9-5-3-4-6-10(9)13/h3-8,12H,2H2,1H3,(H,19,20)(H2,17,18,21). The van der Waals surface area contributed by atoms with Gasteiger partial charge in [-0.25, -0.2) is 9.59 Å². The van der Waals surface area contributed by atoms with Crippen molar-refractivity contribution in [2.75, 3.05) is 5.32 Å². The number of nitrogens with one attached hydrogen (secondary N) is 2. The quantitative estimate of drug-likeness (QED) is 0.788. The normalized spacial score (nSPS) is 11.9. The van der Waals surface area contributed by atoms with Crippen molar-refractivity contribution in [2.24, 2.45) is 0 Å². The van der Waals surface area contributed by atoms with Crippen LogP contribution in [0.4, 0.5) is 10.5 Å². The minimum Gasteiger partial charge on any atom is -0.480 e. The highest BCUT2D eigenvalue weighted by atomic mass is 79.9. The molecule has 3 N–H and O–H groups in total. The number of rotatable bonds is 4. The minimum absolute atomic E-state index is 0.323. The van der Waals surface area contributed by atoms with Crippen molar-refractivity contribution >= 4 is 44.4 Å². The molecule has 0 saturated carbocycles. The number of carboxylic acid groups (broad SMARTS) is 1. The van der Waals surface area contributed by atoms with Crippen LogP contribution >= 0.6 is 15.9 Å². The molecule has 1 atom stereocenters. The van der Waals surface area contributed by atoms with Crippen molar-refractivity contribution in [1.82, 2.24) is 5.32 Å². The van der Waals surface area contributed by atoms with Gasteiger partial charge in [0.2, 0.25) is 0 Å². The van der Waals surface area contributed by atoms with Gasteiger partial charge in [0.1, 0.15) is 6.04 Å². The minimum atomic E-state index is -1.05. The Morgan fingerprint density at radius 3 is 2.48 bits per heavy atom. The second kappa shape index (κ2) is 6.58. The Morgan fingerprint density at radius 1 is 1.19 bits per heavy atom. The zero-order chi connectivity index (χ0) is 15.4. The molecule has 0 aliphatic carbocycles. The lowest BCUT2D eigenvalue weighted by Gasteiger charge is -2.14. The first-order valence-corrected chi connectivity index (χ1v) is 7.29. The maximum absolute atomic E-state index is 11.9. The number of carbonyl (C=O) groups excluding carboxylic acids is 1. The summed E-state index contributed by atoms with van der Waals surface area (Å²) < 4.78 is 0.932. The zero-order valence-corrected chi connectivity index (χ0v) is 13.0.